The minimum atomic E-state index is -3.59. The number of ether oxygens (including phenoxy) is 2. The van der Waals surface area contributed by atoms with E-state index in [2.05, 4.69) is 4.72 Å². The molecule has 0 spiro atoms. The Morgan fingerprint density at radius 1 is 1.14 bits per heavy atom. The molecule has 0 amide bonds. The highest BCUT2D eigenvalue weighted by Crippen LogP contribution is 2.32. The van der Waals surface area contributed by atoms with Crippen LogP contribution in [0.3, 0.4) is 0 Å². The van der Waals surface area contributed by atoms with E-state index in [0.717, 1.165) is 11.3 Å². The Kier molecular flexibility index (Phi) is 4.04. The van der Waals surface area contributed by atoms with Crippen molar-refractivity contribution < 1.29 is 17.9 Å². The van der Waals surface area contributed by atoms with E-state index < -0.39 is 10.0 Å². The fourth-order valence-electron chi connectivity index (χ4n) is 2.47. The smallest absolute Gasteiger partial charge is 0.241 e. The summed E-state index contributed by atoms with van der Waals surface area (Å²) in [7, 11) is -2.05. The summed E-state index contributed by atoms with van der Waals surface area (Å²) in [6.07, 6.45) is 0.604. The number of sulfonamides is 1. The molecule has 2 aromatic rings. The molecule has 0 aromatic heterocycles. The molecular formula is C16H17NO4S. The Morgan fingerprint density at radius 3 is 2.59 bits per heavy atom. The van der Waals surface area contributed by atoms with Gasteiger partial charge in [-0.3, -0.25) is 0 Å². The highest BCUT2D eigenvalue weighted by atomic mass is 32.2. The van der Waals surface area contributed by atoms with Gasteiger partial charge in [0.25, 0.3) is 0 Å². The monoisotopic (exact) mass is 319 g/mol. The molecule has 1 atom stereocenters. The van der Waals surface area contributed by atoms with Gasteiger partial charge in [-0.2, -0.15) is 0 Å². The fraction of sp³-hybridized carbons (Fsp3) is 0.250. The van der Waals surface area contributed by atoms with Crippen molar-refractivity contribution in [3.8, 4) is 11.5 Å². The van der Waals surface area contributed by atoms with Gasteiger partial charge in [0.1, 0.15) is 11.5 Å². The van der Waals surface area contributed by atoms with Crippen LogP contribution in [0.2, 0.25) is 0 Å². The van der Waals surface area contributed by atoms with Crippen molar-refractivity contribution in [2.75, 3.05) is 13.7 Å². The number of methoxy groups -OCH3 is 1. The molecule has 1 aliphatic rings. The largest absolute Gasteiger partial charge is 0.497 e. The normalized spacial score (nSPS) is 17.4. The molecule has 0 radical (unpaired) electrons. The van der Waals surface area contributed by atoms with Crippen molar-refractivity contribution >= 4 is 10.0 Å². The SMILES string of the molecule is COc1ccc(S(=O)(=O)NC2CCOc3ccccc32)cc1. The Labute approximate surface area is 129 Å². The molecular weight excluding hydrogens is 302 g/mol. The van der Waals surface area contributed by atoms with Gasteiger partial charge in [0, 0.05) is 12.0 Å². The molecule has 1 unspecified atom stereocenters. The molecule has 5 nitrogen and oxygen atoms in total. The van der Waals surface area contributed by atoms with Gasteiger partial charge in [-0.05, 0) is 30.3 Å². The van der Waals surface area contributed by atoms with Gasteiger partial charge < -0.3 is 9.47 Å². The zero-order chi connectivity index (χ0) is 15.6. The third-order valence-corrected chi connectivity index (χ3v) is 5.11. The molecule has 1 aliphatic heterocycles. The second-order valence-electron chi connectivity index (χ2n) is 5.02. The van der Waals surface area contributed by atoms with Crippen molar-refractivity contribution in [1.29, 1.82) is 0 Å². The molecule has 116 valence electrons. The lowest BCUT2D eigenvalue weighted by Gasteiger charge is -2.26. The number of hydrogen-bond acceptors (Lipinski definition) is 4. The van der Waals surface area contributed by atoms with Crippen molar-refractivity contribution in [2.45, 2.75) is 17.4 Å². The van der Waals surface area contributed by atoms with Crippen LogP contribution < -0.4 is 14.2 Å². The molecule has 22 heavy (non-hydrogen) atoms. The van der Waals surface area contributed by atoms with Crippen LogP contribution >= 0.6 is 0 Å². The van der Waals surface area contributed by atoms with Crippen molar-refractivity contribution in [2.24, 2.45) is 0 Å². The van der Waals surface area contributed by atoms with Gasteiger partial charge in [-0.15, -0.1) is 0 Å². The summed E-state index contributed by atoms with van der Waals surface area (Å²) in [4.78, 5) is 0.220. The minimum absolute atomic E-state index is 0.220. The second-order valence-corrected chi connectivity index (χ2v) is 6.74. The summed E-state index contributed by atoms with van der Waals surface area (Å²) in [6.45, 7) is 0.493. The highest BCUT2D eigenvalue weighted by molar-refractivity contribution is 7.89. The number of nitrogens with one attached hydrogen (secondary N) is 1. The zero-order valence-corrected chi connectivity index (χ0v) is 13.0. The average Bonchev–Trinajstić information content (AvgIpc) is 2.55. The van der Waals surface area contributed by atoms with E-state index in [1.807, 2.05) is 24.3 Å². The lowest BCUT2D eigenvalue weighted by Crippen LogP contribution is -2.32. The average molecular weight is 319 g/mol. The summed E-state index contributed by atoms with van der Waals surface area (Å²) in [5.41, 5.74) is 0.867. The number of para-hydroxylation sites is 1. The first-order valence-electron chi connectivity index (χ1n) is 6.98. The summed E-state index contributed by atoms with van der Waals surface area (Å²) in [5.74, 6) is 1.35. The van der Waals surface area contributed by atoms with Crippen LogP contribution in [0.25, 0.3) is 0 Å². The predicted octanol–water partition coefficient (Wildman–Crippen LogP) is 2.50. The Morgan fingerprint density at radius 2 is 1.86 bits per heavy atom. The van der Waals surface area contributed by atoms with Crippen LogP contribution in [-0.4, -0.2) is 22.1 Å². The standard InChI is InChI=1S/C16H17NO4S/c1-20-12-6-8-13(9-7-12)22(18,19)17-15-10-11-21-16-5-3-2-4-14(15)16/h2-9,15,17H,10-11H2,1H3. The number of hydrogen-bond donors (Lipinski definition) is 1. The van der Waals surface area contributed by atoms with Crippen LogP contribution in [0, 0.1) is 0 Å². The zero-order valence-electron chi connectivity index (χ0n) is 12.2. The highest BCUT2D eigenvalue weighted by Gasteiger charge is 2.26. The maximum absolute atomic E-state index is 12.5. The molecule has 0 saturated carbocycles. The van der Waals surface area contributed by atoms with Crippen molar-refractivity contribution in [3.63, 3.8) is 0 Å². The summed E-state index contributed by atoms with van der Waals surface area (Å²) >= 11 is 0. The van der Waals surface area contributed by atoms with Crippen LogP contribution in [0.15, 0.2) is 53.4 Å². The molecule has 1 heterocycles. The quantitative estimate of drug-likeness (QED) is 0.940. The first-order chi connectivity index (χ1) is 10.6. The molecule has 2 aromatic carbocycles. The second kappa shape index (κ2) is 5.98. The number of benzene rings is 2. The third-order valence-electron chi connectivity index (χ3n) is 3.63. The van der Waals surface area contributed by atoms with Crippen LogP contribution in [0.4, 0.5) is 0 Å². The lowest BCUT2D eigenvalue weighted by molar-refractivity contribution is 0.263. The van der Waals surface area contributed by atoms with E-state index in [1.165, 1.54) is 12.1 Å². The summed E-state index contributed by atoms with van der Waals surface area (Å²) < 4.78 is 38.4. The van der Waals surface area contributed by atoms with E-state index in [1.54, 1.807) is 19.2 Å². The molecule has 0 saturated heterocycles. The van der Waals surface area contributed by atoms with Crippen LogP contribution in [0.5, 0.6) is 11.5 Å². The van der Waals surface area contributed by atoms with Gasteiger partial charge in [0.2, 0.25) is 10.0 Å². The van der Waals surface area contributed by atoms with E-state index in [4.69, 9.17) is 9.47 Å². The van der Waals surface area contributed by atoms with E-state index >= 15 is 0 Å². The predicted molar refractivity (Wildman–Crippen MR) is 82.6 cm³/mol. The van der Waals surface area contributed by atoms with Crippen LogP contribution in [0.1, 0.15) is 18.0 Å². The van der Waals surface area contributed by atoms with Crippen molar-refractivity contribution in [3.05, 3.63) is 54.1 Å². The minimum Gasteiger partial charge on any atom is -0.497 e. The molecule has 3 rings (SSSR count). The summed E-state index contributed by atoms with van der Waals surface area (Å²) in [6, 6.07) is 13.5. The lowest BCUT2D eigenvalue weighted by atomic mass is 10.0. The fourth-order valence-corrected chi connectivity index (χ4v) is 3.72. The molecule has 1 N–H and O–H groups in total. The molecule has 0 aliphatic carbocycles. The van der Waals surface area contributed by atoms with Crippen molar-refractivity contribution in [1.82, 2.24) is 4.72 Å². The molecule has 6 heteroatoms. The maximum atomic E-state index is 12.5. The first-order valence-corrected chi connectivity index (χ1v) is 8.46. The molecule has 0 fully saturated rings. The Balaban J connectivity index is 1.86. The Bertz CT molecular complexity index is 756. The van der Waals surface area contributed by atoms with E-state index in [9.17, 15) is 8.42 Å². The maximum Gasteiger partial charge on any atom is 0.241 e. The van der Waals surface area contributed by atoms with Gasteiger partial charge in [-0.25, -0.2) is 13.1 Å². The van der Waals surface area contributed by atoms with E-state index in [0.29, 0.717) is 18.8 Å². The summed E-state index contributed by atoms with van der Waals surface area (Å²) in [5, 5.41) is 0. The Hall–Kier alpha value is -2.05. The van der Waals surface area contributed by atoms with Crippen LogP contribution in [-0.2, 0) is 10.0 Å². The number of fused-ring (bicyclic) bond motifs is 1. The van der Waals surface area contributed by atoms with Gasteiger partial charge in [0.05, 0.1) is 24.7 Å². The van der Waals surface area contributed by atoms with Gasteiger partial charge in [0.15, 0.2) is 0 Å². The molecule has 0 bridgehead atoms. The first kappa shape index (κ1) is 14.9. The van der Waals surface area contributed by atoms with E-state index in [-0.39, 0.29) is 10.9 Å². The van der Waals surface area contributed by atoms with Gasteiger partial charge in [-0.1, -0.05) is 18.2 Å². The third kappa shape index (κ3) is 2.93. The number of rotatable bonds is 4. The van der Waals surface area contributed by atoms with Gasteiger partial charge >= 0.3 is 0 Å². The topological polar surface area (TPSA) is 64.6 Å².